The van der Waals surface area contributed by atoms with Gasteiger partial charge in [-0.3, -0.25) is 0 Å². The molecule has 4 aromatic rings. The summed E-state index contributed by atoms with van der Waals surface area (Å²) in [5.41, 5.74) is 0. The molecule has 0 heterocycles. The van der Waals surface area contributed by atoms with Gasteiger partial charge in [0.2, 0.25) is 0 Å². The van der Waals surface area contributed by atoms with Crippen LogP contribution in [0.2, 0.25) is 0 Å². The number of hydrogen-bond donors (Lipinski definition) is 0. The third kappa shape index (κ3) is 4.62. The Morgan fingerprint density at radius 3 is 0.767 bits per heavy atom. The average Bonchev–Trinajstić information content (AvgIpc) is 2.82. The fourth-order valence-electron chi connectivity index (χ4n) is 3.70. The summed E-state index contributed by atoms with van der Waals surface area (Å²) in [7, 11) is -1.14. The highest BCUT2D eigenvalue weighted by Crippen LogP contribution is 2.53. The first kappa shape index (κ1) is 20.7. The molecule has 148 valence electrons. The second-order valence-electron chi connectivity index (χ2n) is 7.18. The lowest BCUT2D eigenvalue weighted by atomic mass is 10.4. The lowest BCUT2D eigenvalue weighted by Crippen LogP contribution is -2.16. The Morgan fingerprint density at radius 1 is 0.367 bits per heavy atom. The van der Waals surface area contributed by atoms with E-state index in [4.69, 9.17) is 0 Å². The van der Waals surface area contributed by atoms with E-state index in [0.29, 0.717) is 0 Å². The Balaban J connectivity index is 1.88. The zero-order chi connectivity index (χ0) is 20.8. The van der Waals surface area contributed by atoms with Gasteiger partial charge in [0, 0.05) is 0 Å². The van der Waals surface area contributed by atoms with Crippen LogP contribution in [0.25, 0.3) is 0 Å². The molecule has 0 radical (unpaired) electrons. The summed E-state index contributed by atoms with van der Waals surface area (Å²) in [4.78, 5) is 0. The van der Waals surface area contributed by atoms with E-state index < -0.39 is 15.8 Å². The maximum absolute atomic E-state index is 2.35. The first-order chi connectivity index (χ1) is 14.8. The maximum Gasteiger partial charge on any atom is -0.0154 e. The van der Waals surface area contributed by atoms with Crippen molar-refractivity contribution in [3.63, 3.8) is 0 Å². The van der Waals surface area contributed by atoms with Gasteiger partial charge in [0.15, 0.2) is 0 Å². The van der Waals surface area contributed by atoms with Crippen LogP contribution in [0.15, 0.2) is 132 Å². The lowest BCUT2D eigenvalue weighted by Gasteiger charge is -2.27. The normalized spacial score (nSPS) is 12.1. The van der Waals surface area contributed by atoms with Crippen LogP contribution in [0.1, 0.15) is 13.8 Å². The molecule has 4 aromatic carbocycles. The SMILES string of the molecule is CC(=C(C)P(c1ccccc1)c1ccccc1)P(c1ccccc1)c1ccccc1. The molecular formula is C28H26P2. The highest BCUT2D eigenvalue weighted by atomic mass is 31.1. The Labute approximate surface area is 182 Å². The van der Waals surface area contributed by atoms with Crippen LogP contribution >= 0.6 is 15.8 Å². The largest absolute Gasteiger partial charge is 0.0622 e. The molecule has 0 amide bonds. The van der Waals surface area contributed by atoms with Gasteiger partial charge in [0.05, 0.1) is 0 Å². The topological polar surface area (TPSA) is 0 Å². The first-order valence-electron chi connectivity index (χ1n) is 10.2. The third-order valence-corrected chi connectivity index (χ3v) is 10.7. The minimum absolute atomic E-state index is 0.569. The molecular weight excluding hydrogens is 398 g/mol. The quantitative estimate of drug-likeness (QED) is 0.310. The van der Waals surface area contributed by atoms with Crippen LogP contribution in [0.4, 0.5) is 0 Å². The van der Waals surface area contributed by atoms with Crippen molar-refractivity contribution >= 4 is 37.1 Å². The smallest absolute Gasteiger partial charge is 0.0154 e. The van der Waals surface area contributed by atoms with Crippen molar-refractivity contribution in [1.29, 1.82) is 0 Å². The number of allylic oxidation sites excluding steroid dienone is 2. The Morgan fingerprint density at radius 2 is 0.567 bits per heavy atom. The lowest BCUT2D eigenvalue weighted by molar-refractivity contribution is 1.53. The minimum Gasteiger partial charge on any atom is -0.0622 e. The summed E-state index contributed by atoms with van der Waals surface area (Å²) in [6.07, 6.45) is 0. The summed E-state index contributed by atoms with van der Waals surface area (Å²) in [6, 6.07) is 43.9. The van der Waals surface area contributed by atoms with Crippen molar-refractivity contribution in [2.75, 3.05) is 0 Å². The molecule has 0 aliphatic heterocycles. The van der Waals surface area contributed by atoms with E-state index in [0.717, 1.165) is 0 Å². The molecule has 4 rings (SSSR count). The Bertz CT molecular complexity index is 918. The summed E-state index contributed by atoms with van der Waals surface area (Å²) in [5.74, 6) is 0. The van der Waals surface area contributed by atoms with Crippen molar-refractivity contribution in [3.8, 4) is 0 Å². The summed E-state index contributed by atoms with van der Waals surface area (Å²) in [5, 5.41) is 8.64. The second kappa shape index (κ2) is 9.99. The van der Waals surface area contributed by atoms with Crippen molar-refractivity contribution < 1.29 is 0 Å². The van der Waals surface area contributed by atoms with Crippen LogP contribution in [0, 0.1) is 0 Å². The standard InChI is InChI=1S/C28H26P2/c1-23(29(25-15-7-3-8-16-25)26-17-9-4-10-18-26)24(2)30(27-19-11-5-12-20-27)28-21-13-6-14-22-28/h3-22H,1-2H3. The summed E-state index contributed by atoms with van der Waals surface area (Å²) < 4.78 is 0. The van der Waals surface area contributed by atoms with E-state index in [1.165, 1.54) is 31.8 Å². The van der Waals surface area contributed by atoms with Gasteiger partial charge >= 0.3 is 0 Å². The molecule has 0 fully saturated rings. The molecule has 0 aromatic heterocycles. The molecule has 0 N–H and O–H groups in total. The van der Waals surface area contributed by atoms with Crippen molar-refractivity contribution in [3.05, 3.63) is 132 Å². The molecule has 0 saturated carbocycles. The first-order valence-corrected chi connectivity index (χ1v) is 12.9. The predicted molar refractivity (Wildman–Crippen MR) is 137 cm³/mol. The van der Waals surface area contributed by atoms with Crippen LogP contribution < -0.4 is 21.2 Å². The summed E-state index contributed by atoms with van der Waals surface area (Å²) >= 11 is 0. The molecule has 0 atom stereocenters. The third-order valence-electron chi connectivity index (χ3n) is 5.25. The number of hydrogen-bond acceptors (Lipinski definition) is 0. The van der Waals surface area contributed by atoms with Crippen LogP contribution in [-0.4, -0.2) is 0 Å². The van der Waals surface area contributed by atoms with E-state index in [1.807, 2.05) is 0 Å². The molecule has 0 nitrogen and oxygen atoms in total. The molecule has 0 saturated heterocycles. The van der Waals surface area contributed by atoms with Crippen LogP contribution in [-0.2, 0) is 0 Å². The zero-order valence-corrected chi connectivity index (χ0v) is 19.2. The average molecular weight is 424 g/mol. The van der Waals surface area contributed by atoms with Gasteiger partial charge in [-0.2, -0.15) is 0 Å². The summed E-state index contributed by atoms with van der Waals surface area (Å²) in [6.45, 7) is 4.70. The fourth-order valence-corrected chi connectivity index (χ4v) is 8.98. The predicted octanol–water partition coefficient (Wildman–Crippen LogP) is 6.50. The van der Waals surface area contributed by atoms with Gasteiger partial charge in [0.1, 0.15) is 0 Å². The van der Waals surface area contributed by atoms with Crippen LogP contribution in [0.5, 0.6) is 0 Å². The van der Waals surface area contributed by atoms with Crippen molar-refractivity contribution in [2.45, 2.75) is 13.8 Å². The van der Waals surface area contributed by atoms with Gasteiger partial charge in [-0.1, -0.05) is 121 Å². The monoisotopic (exact) mass is 424 g/mol. The molecule has 0 bridgehead atoms. The van der Waals surface area contributed by atoms with Crippen molar-refractivity contribution in [2.24, 2.45) is 0 Å². The van der Waals surface area contributed by atoms with E-state index in [-0.39, 0.29) is 0 Å². The number of rotatable bonds is 6. The van der Waals surface area contributed by atoms with Gasteiger partial charge < -0.3 is 0 Å². The molecule has 0 unspecified atom stereocenters. The van der Waals surface area contributed by atoms with E-state index in [1.54, 1.807) is 0 Å². The number of benzene rings is 4. The van der Waals surface area contributed by atoms with Gasteiger partial charge in [-0.05, 0) is 61.5 Å². The highest BCUT2D eigenvalue weighted by molar-refractivity contribution is 7.80. The van der Waals surface area contributed by atoms with Gasteiger partial charge in [-0.25, -0.2) is 0 Å². The van der Waals surface area contributed by atoms with E-state index in [9.17, 15) is 0 Å². The molecule has 2 heteroatoms. The van der Waals surface area contributed by atoms with Gasteiger partial charge in [-0.15, -0.1) is 0 Å². The maximum atomic E-state index is 2.35. The highest BCUT2D eigenvalue weighted by Gasteiger charge is 2.23. The molecule has 0 aliphatic carbocycles. The van der Waals surface area contributed by atoms with Crippen LogP contribution in [0.3, 0.4) is 0 Å². The molecule has 0 spiro atoms. The van der Waals surface area contributed by atoms with Crippen molar-refractivity contribution in [1.82, 2.24) is 0 Å². The second-order valence-corrected chi connectivity index (χ2v) is 11.9. The van der Waals surface area contributed by atoms with E-state index in [2.05, 4.69) is 135 Å². The minimum atomic E-state index is -0.569. The Kier molecular flexibility index (Phi) is 6.91. The Hall–Kier alpha value is -2.52. The van der Waals surface area contributed by atoms with E-state index >= 15 is 0 Å². The fraction of sp³-hybridized carbons (Fsp3) is 0.0714. The zero-order valence-electron chi connectivity index (χ0n) is 17.4. The van der Waals surface area contributed by atoms with Gasteiger partial charge in [0.25, 0.3) is 0 Å². The molecule has 30 heavy (non-hydrogen) atoms. The molecule has 0 aliphatic rings.